The third-order valence-electron chi connectivity index (χ3n) is 3.54. The number of rotatable bonds is 4. The molecule has 0 aliphatic rings. The largest absolute Gasteiger partial charge is 0.328 e. The fourth-order valence-electron chi connectivity index (χ4n) is 2.54. The minimum absolute atomic E-state index is 0.0764. The predicted molar refractivity (Wildman–Crippen MR) is 87.6 cm³/mol. The summed E-state index contributed by atoms with van der Waals surface area (Å²) >= 11 is 3.43. The van der Waals surface area contributed by atoms with E-state index in [1.54, 1.807) is 0 Å². The Kier molecular flexibility index (Phi) is 3.88. The summed E-state index contributed by atoms with van der Waals surface area (Å²) in [4.78, 5) is 17.1. The molecule has 0 amide bonds. The second kappa shape index (κ2) is 5.82. The lowest BCUT2D eigenvalue weighted by atomic mass is 10.1. The zero-order chi connectivity index (χ0) is 14.8. The summed E-state index contributed by atoms with van der Waals surface area (Å²) in [5.74, 6) is 0.895. The Labute approximate surface area is 131 Å². The number of Topliss-reactive ketones (excluding diaryl/α,β-unsaturated/α-hetero) is 1. The molecule has 0 saturated carbocycles. The molecule has 0 spiro atoms. The number of aryl methyl sites for hydroxylation is 1. The number of halogens is 1. The zero-order valence-corrected chi connectivity index (χ0v) is 13.3. The molecule has 0 unspecified atom stereocenters. The molecule has 3 nitrogen and oxygen atoms in total. The average Bonchev–Trinajstić information content (AvgIpc) is 2.84. The number of para-hydroxylation sites is 2. The van der Waals surface area contributed by atoms with Crippen LogP contribution in [0.5, 0.6) is 0 Å². The van der Waals surface area contributed by atoms with Crippen molar-refractivity contribution in [2.45, 2.75) is 19.9 Å². The molecule has 0 radical (unpaired) electrons. The Hall–Kier alpha value is -1.94. The molecular weight excluding hydrogens is 328 g/mol. The fourth-order valence-corrected chi connectivity index (χ4v) is 3.05. The maximum absolute atomic E-state index is 12.5. The first-order valence-electron chi connectivity index (χ1n) is 6.92. The Morgan fingerprint density at radius 1 is 1.14 bits per heavy atom. The van der Waals surface area contributed by atoms with Crippen molar-refractivity contribution in [3.63, 3.8) is 0 Å². The van der Waals surface area contributed by atoms with Gasteiger partial charge in [0.05, 0.1) is 17.5 Å². The third-order valence-corrected chi connectivity index (χ3v) is 4.23. The van der Waals surface area contributed by atoms with Gasteiger partial charge in [-0.1, -0.05) is 46.3 Å². The van der Waals surface area contributed by atoms with E-state index >= 15 is 0 Å². The number of hydrogen-bond acceptors (Lipinski definition) is 2. The van der Waals surface area contributed by atoms with E-state index in [0.717, 1.165) is 27.9 Å². The third kappa shape index (κ3) is 2.63. The van der Waals surface area contributed by atoms with Crippen molar-refractivity contribution in [2.75, 3.05) is 0 Å². The van der Waals surface area contributed by atoms with Crippen molar-refractivity contribution in [3.05, 3.63) is 64.4 Å². The van der Waals surface area contributed by atoms with Gasteiger partial charge in [-0.2, -0.15) is 0 Å². The van der Waals surface area contributed by atoms with Crippen molar-refractivity contribution < 1.29 is 4.79 Å². The molecule has 0 fully saturated rings. The van der Waals surface area contributed by atoms with Gasteiger partial charge in [0.15, 0.2) is 5.78 Å². The van der Waals surface area contributed by atoms with Gasteiger partial charge in [-0.05, 0) is 25.1 Å². The van der Waals surface area contributed by atoms with E-state index in [9.17, 15) is 4.79 Å². The Morgan fingerprint density at radius 3 is 2.62 bits per heavy atom. The molecule has 2 aromatic carbocycles. The Morgan fingerprint density at radius 2 is 1.86 bits per heavy atom. The van der Waals surface area contributed by atoms with Gasteiger partial charge in [-0.3, -0.25) is 4.79 Å². The zero-order valence-electron chi connectivity index (χ0n) is 11.7. The molecule has 0 atom stereocenters. The van der Waals surface area contributed by atoms with Crippen LogP contribution in [0.4, 0.5) is 0 Å². The molecule has 3 aromatic rings. The highest BCUT2D eigenvalue weighted by molar-refractivity contribution is 9.10. The number of ketones is 1. The van der Waals surface area contributed by atoms with Gasteiger partial charge in [0.1, 0.15) is 5.82 Å². The summed E-state index contributed by atoms with van der Waals surface area (Å²) in [6.45, 7) is 2.87. The van der Waals surface area contributed by atoms with E-state index < -0.39 is 0 Å². The molecule has 1 heterocycles. The number of benzene rings is 2. The van der Waals surface area contributed by atoms with Crippen molar-refractivity contribution >= 4 is 32.7 Å². The molecule has 0 aliphatic carbocycles. The SMILES string of the molecule is CCn1c(CC(=O)c2ccccc2Br)nc2ccccc21. The van der Waals surface area contributed by atoms with E-state index in [4.69, 9.17) is 0 Å². The van der Waals surface area contributed by atoms with E-state index in [1.165, 1.54) is 0 Å². The number of carbonyl (C=O) groups excluding carboxylic acids is 1. The van der Waals surface area contributed by atoms with Gasteiger partial charge >= 0.3 is 0 Å². The molecular formula is C17H15BrN2O. The summed E-state index contributed by atoms with van der Waals surface area (Å²) in [6.07, 6.45) is 0.311. The summed E-state index contributed by atoms with van der Waals surface area (Å²) in [6, 6.07) is 15.5. The average molecular weight is 343 g/mol. The molecule has 1 aromatic heterocycles. The van der Waals surface area contributed by atoms with Gasteiger partial charge < -0.3 is 4.57 Å². The van der Waals surface area contributed by atoms with Gasteiger partial charge in [0, 0.05) is 16.6 Å². The van der Waals surface area contributed by atoms with Crippen LogP contribution in [0, 0.1) is 0 Å². The van der Waals surface area contributed by atoms with E-state index in [1.807, 2.05) is 48.5 Å². The second-order valence-corrected chi connectivity index (χ2v) is 5.70. The molecule has 0 bridgehead atoms. The smallest absolute Gasteiger partial charge is 0.171 e. The van der Waals surface area contributed by atoms with Crippen LogP contribution in [0.2, 0.25) is 0 Å². The van der Waals surface area contributed by atoms with Crippen LogP contribution in [-0.4, -0.2) is 15.3 Å². The maximum atomic E-state index is 12.5. The fraction of sp³-hybridized carbons (Fsp3) is 0.176. The molecule has 4 heteroatoms. The molecule has 21 heavy (non-hydrogen) atoms. The number of imidazole rings is 1. The summed E-state index contributed by atoms with van der Waals surface area (Å²) in [5, 5.41) is 0. The van der Waals surface area contributed by atoms with Crippen LogP contribution in [0.1, 0.15) is 23.1 Å². The second-order valence-electron chi connectivity index (χ2n) is 4.84. The lowest BCUT2D eigenvalue weighted by molar-refractivity contribution is 0.0989. The van der Waals surface area contributed by atoms with Crippen molar-refractivity contribution in [1.82, 2.24) is 9.55 Å². The van der Waals surface area contributed by atoms with E-state index in [2.05, 4.69) is 32.4 Å². The van der Waals surface area contributed by atoms with Crippen LogP contribution in [0.15, 0.2) is 53.0 Å². The lowest BCUT2D eigenvalue weighted by Gasteiger charge is -2.06. The highest BCUT2D eigenvalue weighted by Crippen LogP contribution is 2.20. The monoisotopic (exact) mass is 342 g/mol. The molecule has 0 N–H and O–H groups in total. The quantitative estimate of drug-likeness (QED) is 0.664. The lowest BCUT2D eigenvalue weighted by Crippen LogP contribution is -2.10. The first-order valence-corrected chi connectivity index (χ1v) is 7.72. The van der Waals surface area contributed by atoms with Crippen molar-refractivity contribution in [1.29, 1.82) is 0 Å². The van der Waals surface area contributed by atoms with Crippen molar-refractivity contribution in [2.24, 2.45) is 0 Å². The Balaban J connectivity index is 1.98. The first-order chi connectivity index (χ1) is 10.2. The predicted octanol–water partition coefficient (Wildman–Crippen LogP) is 4.24. The highest BCUT2D eigenvalue weighted by atomic mass is 79.9. The summed E-state index contributed by atoms with van der Waals surface area (Å²) in [5.41, 5.74) is 2.72. The molecule has 106 valence electrons. The van der Waals surface area contributed by atoms with Gasteiger partial charge in [0.2, 0.25) is 0 Å². The first kappa shape index (κ1) is 14.0. The molecule has 3 rings (SSSR count). The number of hydrogen-bond donors (Lipinski definition) is 0. The molecule has 0 saturated heterocycles. The van der Waals surface area contributed by atoms with E-state index in [-0.39, 0.29) is 5.78 Å². The van der Waals surface area contributed by atoms with Gasteiger partial charge in [-0.15, -0.1) is 0 Å². The standard InChI is InChI=1S/C17H15BrN2O/c1-2-20-15-10-6-5-9-14(15)19-17(20)11-16(21)12-7-3-4-8-13(12)18/h3-10H,2,11H2,1H3. The minimum Gasteiger partial charge on any atom is -0.328 e. The van der Waals surface area contributed by atoms with Crippen molar-refractivity contribution in [3.8, 4) is 0 Å². The summed E-state index contributed by atoms with van der Waals surface area (Å²) in [7, 11) is 0. The molecule has 0 aliphatic heterocycles. The number of aromatic nitrogens is 2. The topological polar surface area (TPSA) is 34.9 Å². The number of fused-ring (bicyclic) bond motifs is 1. The Bertz CT molecular complexity index is 807. The van der Waals surface area contributed by atoms with Crippen LogP contribution >= 0.6 is 15.9 Å². The van der Waals surface area contributed by atoms with E-state index in [0.29, 0.717) is 12.0 Å². The maximum Gasteiger partial charge on any atom is 0.171 e. The highest BCUT2D eigenvalue weighted by Gasteiger charge is 2.15. The number of nitrogens with zero attached hydrogens (tertiary/aromatic N) is 2. The number of carbonyl (C=O) groups is 1. The van der Waals surface area contributed by atoms with Gasteiger partial charge in [-0.25, -0.2) is 4.98 Å². The normalized spacial score (nSPS) is 11.0. The van der Waals surface area contributed by atoms with Crippen LogP contribution in [-0.2, 0) is 13.0 Å². The van der Waals surface area contributed by atoms with Crippen LogP contribution in [0.25, 0.3) is 11.0 Å². The van der Waals surface area contributed by atoms with Crippen LogP contribution < -0.4 is 0 Å². The van der Waals surface area contributed by atoms with Crippen LogP contribution in [0.3, 0.4) is 0 Å². The minimum atomic E-state index is 0.0764. The van der Waals surface area contributed by atoms with Gasteiger partial charge in [0.25, 0.3) is 0 Å². The summed E-state index contributed by atoms with van der Waals surface area (Å²) < 4.78 is 2.93.